The average molecular weight is 268 g/mol. The van der Waals surface area contributed by atoms with Crippen LogP contribution in [-0.2, 0) is 0 Å². The van der Waals surface area contributed by atoms with Crippen molar-refractivity contribution >= 4 is 17.3 Å². The number of rotatable bonds is 4. The number of hydrogen-bond acceptors (Lipinski definition) is 3. The fourth-order valence-corrected chi connectivity index (χ4v) is 2.33. The van der Waals surface area contributed by atoms with Crippen LogP contribution in [0.25, 0.3) is 0 Å². The minimum Gasteiger partial charge on any atom is -0.384 e. The summed E-state index contributed by atoms with van der Waals surface area (Å²) < 4.78 is 0. The van der Waals surface area contributed by atoms with Crippen LogP contribution in [-0.4, -0.2) is 17.4 Å². The zero-order chi connectivity index (χ0) is 14.7. The second kappa shape index (κ2) is 5.74. The lowest BCUT2D eigenvalue weighted by Gasteiger charge is -2.25. The van der Waals surface area contributed by atoms with E-state index in [0.717, 1.165) is 23.6 Å². The van der Waals surface area contributed by atoms with Crippen molar-refractivity contribution < 1.29 is 0 Å². The van der Waals surface area contributed by atoms with Gasteiger partial charge in [-0.25, -0.2) is 4.98 Å². The van der Waals surface area contributed by atoms with Gasteiger partial charge in [0, 0.05) is 18.4 Å². The van der Waals surface area contributed by atoms with Gasteiger partial charge in [-0.1, -0.05) is 12.1 Å². The van der Waals surface area contributed by atoms with Gasteiger partial charge in [0.2, 0.25) is 0 Å². The van der Waals surface area contributed by atoms with Gasteiger partial charge < -0.3 is 10.6 Å². The smallest absolute Gasteiger partial charge is 0.144 e. The summed E-state index contributed by atoms with van der Waals surface area (Å²) in [6.07, 6.45) is 1.76. The Morgan fingerprint density at radius 3 is 2.65 bits per heavy atom. The van der Waals surface area contributed by atoms with Gasteiger partial charge in [0.05, 0.1) is 5.56 Å². The molecule has 3 N–H and O–H groups in total. The molecule has 0 aliphatic heterocycles. The molecule has 0 atom stereocenters. The molecule has 1 aromatic heterocycles. The number of nitrogens with two attached hydrogens (primary N) is 1. The van der Waals surface area contributed by atoms with Gasteiger partial charge in [-0.2, -0.15) is 0 Å². The highest BCUT2D eigenvalue weighted by atomic mass is 15.2. The molecule has 104 valence electrons. The van der Waals surface area contributed by atoms with E-state index in [1.165, 1.54) is 5.56 Å². The summed E-state index contributed by atoms with van der Waals surface area (Å²) in [7, 11) is 0. The molecule has 4 heteroatoms. The maximum absolute atomic E-state index is 7.80. The lowest BCUT2D eigenvalue weighted by molar-refractivity contribution is 0.981. The molecular weight excluding hydrogens is 248 g/mol. The van der Waals surface area contributed by atoms with Gasteiger partial charge in [-0.3, -0.25) is 5.41 Å². The average Bonchev–Trinajstić information content (AvgIpc) is 2.39. The van der Waals surface area contributed by atoms with Crippen molar-refractivity contribution in [2.45, 2.75) is 20.8 Å². The summed E-state index contributed by atoms with van der Waals surface area (Å²) in [5, 5.41) is 7.80. The van der Waals surface area contributed by atoms with Crippen molar-refractivity contribution in [3.63, 3.8) is 0 Å². The monoisotopic (exact) mass is 268 g/mol. The number of nitrogen functional groups attached to an aromatic ring is 1. The molecule has 20 heavy (non-hydrogen) atoms. The molecule has 0 spiro atoms. The van der Waals surface area contributed by atoms with Gasteiger partial charge in [0.15, 0.2) is 0 Å². The second-order valence-electron chi connectivity index (χ2n) is 4.82. The number of benzene rings is 1. The quantitative estimate of drug-likeness (QED) is 0.661. The number of pyridine rings is 1. The third-order valence-electron chi connectivity index (χ3n) is 3.29. The molecule has 0 radical (unpaired) electrons. The third-order valence-corrected chi connectivity index (χ3v) is 3.29. The molecule has 1 heterocycles. The van der Waals surface area contributed by atoms with Crippen molar-refractivity contribution in [2.24, 2.45) is 5.73 Å². The minimum atomic E-state index is 0.0525. The SMILES string of the molecule is CCN(c1cccc(C)c1)c1nccc(C)c1C(=N)N. The van der Waals surface area contributed by atoms with Crippen molar-refractivity contribution in [3.8, 4) is 0 Å². The number of nitrogens with zero attached hydrogens (tertiary/aromatic N) is 2. The van der Waals surface area contributed by atoms with Crippen LogP contribution in [0.2, 0.25) is 0 Å². The zero-order valence-electron chi connectivity index (χ0n) is 12.1. The highest BCUT2D eigenvalue weighted by molar-refractivity contribution is 6.01. The Labute approximate surface area is 119 Å². The molecule has 0 aliphatic carbocycles. The predicted molar refractivity (Wildman–Crippen MR) is 83.8 cm³/mol. The van der Waals surface area contributed by atoms with Gasteiger partial charge in [-0.15, -0.1) is 0 Å². The minimum absolute atomic E-state index is 0.0525. The van der Waals surface area contributed by atoms with Crippen LogP contribution in [0.3, 0.4) is 0 Å². The number of anilines is 2. The van der Waals surface area contributed by atoms with Gasteiger partial charge in [0.1, 0.15) is 11.7 Å². The molecule has 0 aliphatic rings. The van der Waals surface area contributed by atoms with E-state index in [4.69, 9.17) is 11.1 Å². The van der Waals surface area contributed by atoms with Crippen LogP contribution < -0.4 is 10.6 Å². The highest BCUT2D eigenvalue weighted by Gasteiger charge is 2.17. The lowest BCUT2D eigenvalue weighted by Crippen LogP contribution is -2.24. The van der Waals surface area contributed by atoms with E-state index in [0.29, 0.717) is 5.56 Å². The normalized spacial score (nSPS) is 10.3. The number of aromatic nitrogens is 1. The Balaban J connectivity index is 2.58. The van der Waals surface area contributed by atoms with E-state index < -0.39 is 0 Å². The Morgan fingerprint density at radius 1 is 1.30 bits per heavy atom. The molecule has 0 saturated carbocycles. The first-order valence-corrected chi connectivity index (χ1v) is 6.68. The van der Waals surface area contributed by atoms with Crippen molar-refractivity contribution in [2.75, 3.05) is 11.4 Å². The van der Waals surface area contributed by atoms with Gasteiger partial charge >= 0.3 is 0 Å². The number of aryl methyl sites for hydroxylation is 2. The van der Waals surface area contributed by atoms with Crippen molar-refractivity contribution in [1.29, 1.82) is 5.41 Å². The van der Waals surface area contributed by atoms with E-state index in [1.807, 2.05) is 25.1 Å². The van der Waals surface area contributed by atoms with E-state index in [9.17, 15) is 0 Å². The Kier molecular flexibility index (Phi) is 4.03. The molecule has 0 bridgehead atoms. The zero-order valence-corrected chi connectivity index (χ0v) is 12.1. The van der Waals surface area contributed by atoms with Crippen molar-refractivity contribution in [3.05, 3.63) is 53.2 Å². The summed E-state index contributed by atoms with van der Waals surface area (Å²) in [4.78, 5) is 6.52. The summed E-state index contributed by atoms with van der Waals surface area (Å²) in [5.74, 6) is 0.794. The summed E-state index contributed by atoms with van der Waals surface area (Å²) >= 11 is 0. The Bertz CT molecular complexity index is 634. The van der Waals surface area contributed by atoms with Crippen LogP contribution in [0, 0.1) is 19.3 Å². The summed E-state index contributed by atoms with van der Waals surface area (Å²) in [5.41, 5.74) is 9.66. The topological polar surface area (TPSA) is 66.0 Å². The van der Waals surface area contributed by atoms with Crippen LogP contribution in [0.4, 0.5) is 11.5 Å². The first kappa shape index (κ1) is 14.1. The summed E-state index contributed by atoms with van der Waals surface area (Å²) in [6.45, 7) is 6.84. The number of nitrogens with one attached hydrogen (secondary N) is 1. The molecular formula is C16H20N4. The molecule has 0 saturated heterocycles. The van der Waals surface area contributed by atoms with Crippen molar-refractivity contribution in [1.82, 2.24) is 4.98 Å². The van der Waals surface area contributed by atoms with Crippen LogP contribution >= 0.6 is 0 Å². The van der Waals surface area contributed by atoms with E-state index in [-0.39, 0.29) is 5.84 Å². The van der Waals surface area contributed by atoms with E-state index >= 15 is 0 Å². The lowest BCUT2D eigenvalue weighted by atomic mass is 10.1. The number of amidine groups is 1. The fraction of sp³-hybridized carbons (Fsp3) is 0.250. The molecule has 4 nitrogen and oxygen atoms in total. The highest BCUT2D eigenvalue weighted by Crippen LogP contribution is 2.28. The predicted octanol–water partition coefficient (Wildman–Crippen LogP) is 3.14. The Hall–Kier alpha value is -2.36. The Morgan fingerprint density at radius 2 is 2.05 bits per heavy atom. The maximum Gasteiger partial charge on any atom is 0.144 e. The van der Waals surface area contributed by atoms with Crippen LogP contribution in [0.15, 0.2) is 36.5 Å². The van der Waals surface area contributed by atoms with Gasteiger partial charge in [0.25, 0.3) is 0 Å². The van der Waals surface area contributed by atoms with Crippen LogP contribution in [0.5, 0.6) is 0 Å². The first-order chi connectivity index (χ1) is 9.54. The second-order valence-corrected chi connectivity index (χ2v) is 4.82. The largest absolute Gasteiger partial charge is 0.384 e. The third kappa shape index (κ3) is 2.64. The standard InChI is InChI=1S/C16H20N4/c1-4-20(13-7-5-6-11(2)10-13)16-14(15(17)18)12(3)8-9-19-16/h5-10H,4H2,1-3H3,(H3,17,18). The molecule has 2 aromatic rings. The maximum atomic E-state index is 7.80. The van der Waals surface area contributed by atoms with Gasteiger partial charge in [-0.05, 0) is 50.1 Å². The molecule has 0 amide bonds. The number of hydrogen-bond donors (Lipinski definition) is 2. The summed E-state index contributed by atoms with van der Waals surface area (Å²) in [6, 6.07) is 10.1. The van der Waals surface area contributed by atoms with E-state index in [2.05, 4.69) is 35.9 Å². The first-order valence-electron chi connectivity index (χ1n) is 6.68. The molecule has 1 aromatic carbocycles. The molecule has 0 fully saturated rings. The van der Waals surface area contributed by atoms with Crippen LogP contribution in [0.1, 0.15) is 23.6 Å². The molecule has 0 unspecified atom stereocenters. The molecule has 2 rings (SSSR count). The van der Waals surface area contributed by atoms with E-state index in [1.54, 1.807) is 6.20 Å². The fourth-order valence-electron chi connectivity index (χ4n) is 2.33.